The van der Waals surface area contributed by atoms with E-state index in [-0.39, 0.29) is 18.1 Å². The Morgan fingerprint density at radius 3 is 2.58 bits per heavy atom. The molecule has 0 aromatic heterocycles. The zero-order valence-corrected chi connectivity index (χ0v) is 15.8. The maximum atomic E-state index is 12.6. The molecule has 0 bridgehead atoms. The van der Waals surface area contributed by atoms with Gasteiger partial charge in [0, 0.05) is 0 Å². The van der Waals surface area contributed by atoms with Gasteiger partial charge in [0.05, 0.1) is 25.9 Å². The average Bonchev–Trinajstić information content (AvgIpc) is 2.72. The number of allylic oxidation sites excluding steroid dienone is 1. The van der Waals surface area contributed by atoms with E-state index in [1.54, 1.807) is 11.0 Å². The summed E-state index contributed by atoms with van der Waals surface area (Å²) in [6.45, 7) is 18.5. The Hall–Kier alpha value is -1.33. The van der Waals surface area contributed by atoms with Crippen molar-refractivity contribution in [2.75, 3.05) is 19.8 Å². The fourth-order valence-corrected chi connectivity index (χ4v) is 2.91. The average molecular weight is 339 g/mol. The van der Waals surface area contributed by atoms with Crippen LogP contribution in [0.2, 0.25) is 0 Å². The van der Waals surface area contributed by atoms with E-state index in [0.29, 0.717) is 19.8 Å². The summed E-state index contributed by atoms with van der Waals surface area (Å²) in [5.74, 6) is 0.273. The molecule has 1 rings (SSSR count). The zero-order valence-electron chi connectivity index (χ0n) is 15.8. The van der Waals surface area contributed by atoms with Gasteiger partial charge in [-0.15, -0.1) is 13.2 Å². The molecule has 24 heavy (non-hydrogen) atoms. The lowest BCUT2D eigenvalue weighted by Gasteiger charge is -2.36. The zero-order chi connectivity index (χ0) is 18.4. The predicted octanol–water partition coefficient (Wildman–Crippen LogP) is 4.14. The fraction of sp³-hybridized carbons (Fsp3) is 0.737. The van der Waals surface area contributed by atoms with E-state index in [1.807, 2.05) is 40.7 Å². The van der Waals surface area contributed by atoms with E-state index in [2.05, 4.69) is 13.2 Å². The number of rotatable bonds is 8. The lowest BCUT2D eigenvalue weighted by Crippen LogP contribution is -2.50. The first kappa shape index (κ1) is 20.7. The summed E-state index contributed by atoms with van der Waals surface area (Å²) in [7, 11) is 0. The number of hydrogen-bond donors (Lipinski definition) is 0. The number of nitrogens with zero attached hydrogens (tertiary/aromatic N) is 1. The van der Waals surface area contributed by atoms with Crippen LogP contribution in [0.1, 0.15) is 47.5 Å². The van der Waals surface area contributed by atoms with Gasteiger partial charge >= 0.3 is 6.09 Å². The summed E-state index contributed by atoms with van der Waals surface area (Å²) < 4.78 is 17.0. The highest BCUT2D eigenvalue weighted by Crippen LogP contribution is 2.33. The number of amides is 1. The highest BCUT2D eigenvalue weighted by Gasteiger charge is 2.46. The molecule has 0 aliphatic carbocycles. The molecule has 1 aliphatic rings. The lowest BCUT2D eigenvalue weighted by molar-refractivity contribution is -0.0634. The largest absolute Gasteiger partial charge is 0.444 e. The van der Waals surface area contributed by atoms with Crippen LogP contribution in [0.5, 0.6) is 0 Å². The predicted molar refractivity (Wildman–Crippen MR) is 95.8 cm³/mol. The van der Waals surface area contributed by atoms with Crippen LogP contribution in [0.15, 0.2) is 25.3 Å². The minimum atomic E-state index is -0.673. The van der Waals surface area contributed by atoms with Gasteiger partial charge in [-0.05, 0) is 53.4 Å². The lowest BCUT2D eigenvalue weighted by atomic mass is 9.96. The summed E-state index contributed by atoms with van der Waals surface area (Å²) in [5.41, 5.74) is -1.21. The van der Waals surface area contributed by atoms with Crippen LogP contribution in [0.3, 0.4) is 0 Å². The Bertz CT molecular complexity index is 439. The van der Waals surface area contributed by atoms with Crippen molar-refractivity contribution in [2.24, 2.45) is 5.92 Å². The van der Waals surface area contributed by atoms with Crippen LogP contribution >= 0.6 is 0 Å². The maximum absolute atomic E-state index is 12.6. The SMILES string of the molecule is C=CCOCC(CC=C)CC1COC(C)(C)N1C(=O)OC(C)(C)C. The minimum Gasteiger partial charge on any atom is -0.444 e. The Morgan fingerprint density at radius 2 is 2.04 bits per heavy atom. The first-order valence-electron chi connectivity index (χ1n) is 8.56. The van der Waals surface area contributed by atoms with E-state index in [9.17, 15) is 4.79 Å². The van der Waals surface area contributed by atoms with E-state index in [0.717, 1.165) is 12.8 Å². The molecule has 1 amide bonds. The third-order valence-electron chi connectivity index (χ3n) is 3.86. The highest BCUT2D eigenvalue weighted by molar-refractivity contribution is 5.69. The molecule has 1 aliphatic heterocycles. The van der Waals surface area contributed by atoms with Crippen molar-refractivity contribution >= 4 is 6.09 Å². The minimum absolute atomic E-state index is 0.0351. The molecule has 5 heteroatoms. The summed E-state index contributed by atoms with van der Waals surface area (Å²) in [6, 6.07) is -0.0351. The van der Waals surface area contributed by atoms with Crippen LogP contribution in [-0.2, 0) is 14.2 Å². The molecular formula is C19H33NO4. The topological polar surface area (TPSA) is 48.0 Å². The van der Waals surface area contributed by atoms with Gasteiger partial charge in [0.15, 0.2) is 0 Å². The molecule has 2 atom stereocenters. The molecule has 1 heterocycles. The Labute approximate surface area is 146 Å². The van der Waals surface area contributed by atoms with Crippen molar-refractivity contribution in [1.29, 1.82) is 0 Å². The van der Waals surface area contributed by atoms with Crippen LogP contribution < -0.4 is 0 Å². The van der Waals surface area contributed by atoms with E-state index in [4.69, 9.17) is 14.2 Å². The van der Waals surface area contributed by atoms with Gasteiger partial charge in [0.1, 0.15) is 11.3 Å². The number of hydrogen-bond acceptors (Lipinski definition) is 4. The summed E-state index contributed by atoms with van der Waals surface area (Å²) in [6.07, 6.45) is 4.90. The molecule has 138 valence electrons. The molecule has 1 fully saturated rings. The summed E-state index contributed by atoms with van der Waals surface area (Å²) in [5, 5.41) is 0. The molecule has 1 saturated heterocycles. The first-order chi connectivity index (χ1) is 11.1. The standard InChI is InChI=1S/C19H33NO4/c1-8-10-15(13-22-11-9-2)12-16-14-23-19(6,7)20(16)17(21)24-18(3,4)5/h8-9,15-16H,1-2,10-14H2,3-7H3. The van der Waals surface area contributed by atoms with Crippen molar-refractivity contribution in [3.63, 3.8) is 0 Å². The Morgan fingerprint density at radius 1 is 1.38 bits per heavy atom. The molecule has 2 unspecified atom stereocenters. The van der Waals surface area contributed by atoms with Gasteiger partial charge < -0.3 is 14.2 Å². The van der Waals surface area contributed by atoms with Gasteiger partial charge in [-0.2, -0.15) is 0 Å². The normalized spacial score (nSPS) is 21.4. The van der Waals surface area contributed by atoms with Crippen LogP contribution in [-0.4, -0.2) is 48.2 Å². The van der Waals surface area contributed by atoms with Crippen LogP contribution in [0.25, 0.3) is 0 Å². The monoisotopic (exact) mass is 339 g/mol. The summed E-state index contributed by atoms with van der Waals surface area (Å²) >= 11 is 0. The third-order valence-corrected chi connectivity index (χ3v) is 3.86. The van der Waals surface area contributed by atoms with Crippen LogP contribution in [0, 0.1) is 5.92 Å². The van der Waals surface area contributed by atoms with E-state index in [1.165, 1.54) is 0 Å². The number of ether oxygens (including phenoxy) is 3. The Kier molecular flexibility index (Phi) is 7.49. The molecule has 0 radical (unpaired) electrons. The van der Waals surface area contributed by atoms with Gasteiger partial charge in [-0.3, -0.25) is 4.90 Å². The van der Waals surface area contributed by atoms with Crippen molar-refractivity contribution in [2.45, 2.75) is 64.8 Å². The van der Waals surface area contributed by atoms with Gasteiger partial charge in [-0.1, -0.05) is 12.2 Å². The number of carbonyl (C=O) groups is 1. The van der Waals surface area contributed by atoms with Crippen molar-refractivity contribution in [1.82, 2.24) is 4.90 Å². The van der Waals surface area contributed by atoms with Gasteiger partial charge in [-0.25, -0.2) is 4.79 Å². The van der Waals surface area contributed by atoms with E-state index < -0.39 is 11.3 Å². The molecule has 5 nitrogen and oxygen atoms in total. The summed E-state index contributed by atoms with van der Waals surface area (Å²) in [4.78, 5) is 14.4. The second kappa shape index (κ2) is 8.67. The van der Waals surface area contributed by atoms with E-state index >= 15 is 0 Å². The quantitative estimate of drug-likeness (QED) is 0.492. The van der Waals surface area contributed by atoms with Crippen molar-refractivity contribution in [3.8, 4) is 0 Å². The molecule has 0 spiro atoms. The second-order valence-electron chi connectivity index (χ2n) is 7.71. The molecular weight excluding hydrogens is 306 g/mol. The Balaban J connectivity index is 2.80. The highest BCUT2D eigenvalue weighted by atomic mass is 16.6. The third kappa shape index (κ3) is 6.29. The van der Waals surface area contributed by atoms with Gasteiger partial charge in [0.25, 0.3) is 0 Å². The van der Waals surface area contributed by atoms with Crippen molar-refractivity contribution in [3.05, 3.63) is 25.3 Å². The fourth-order valence-electron chi connectivity index (χ4n) is 2.91. The number of carbonyl (C=O) groups excluding carboxylic acids is 1. The first-order valence-corrected chi connectivity index (χ1v) is 8.56. The molecule has 0 saturated carbocycles. The smallest absolute Gasteiger partial charge is 0.412 e. The molecule has 0 aromatic carbocycles. The van der Waals surface area contributed by atoms with Crippen molar-refractivity contribution < 1.29 is 19.0 Å². The molecule has 0 N–H and O–H groups in total. The molecule has 0 aromatic rings. The van der Waals surface area contributed by atoms with Gasteiger partial charge in [0.2, 0.25) is 0 Å². The second-order valence-corrected chi connectivity index (χ2v) is 7.71. The van der Waals surface area contributed by atoms with Crippen LogP contribution in [0.4, 0.5) is 4.79 Å². The maximum Gasteiger partial charge on any atom is 0.412 e.